The Labute approximate surface area is 197 Å². The first kappa shape index (κ1) is 22.9. The summed E-state index contributed by atoms with van der Waals surface area (Å²) in [6.45, 7) is 5.50. The number of amides is 2. The number of hydrogen-bond acceptors (Lipinski definition) is 6. The second kappa shape index (κ2) is 10.6. The number of pyridine rings is 1. The Morgan fingerprint density at radius 3 is 2.85 bits per heavy atom. The van der Waals surface area contributed by atoms with Crippen molar-refractivity contribution in [3.8, 4) is 16.3 Å². The summed E-state index contributed by atoms with van der Waals surface area (Å²) in [6, 6.07) is 13.3. The molecule has 1 saturated heterocycles. The van der Waals surface area contributed by atoms with Gasteiger partial charge >= 0.3 is 0 Å². The number of likely N-dealkylation sites (tertiary alicyclic amines) is 1. The number of nitrogens with one attached hydrogen (secondary N) is 1. The van der Waals surface area contributed by atoms with Gasteiger partial charge in [-0.25, -0.2) is 9.97 Å². The number of ether oxygens (including phenoxy) is 1. The van der Waals surface area contributed by atoms with Gasteiger partial charge < -0.3 is 15.0 Å². The summed E-state index contributed by atoms with van der Waals surface area (Å²) in [5, 5.41) is 5.65. The third-order valence-electron chi connectivity index (χ3n) is 5.59. The molecule has 0 bridgehead atoms. The van der Waals surface area contributed by atoms with E-state index in [2.05, 4.69) is 15.3 Å². The highest BCUT2D eigenvalue weighted by atomic mass is 32.1. The Morgan fingerprint density at radius 1 is 1.18 bits per heavy atom. The first-order valence-corrected chi connectivity index (χ1v) is 12.1. The maximum atomic E-state index is 13.0. The van der Waals surface area contributed by atoms with Gasteiger partial charge in [-0.2, -0.15) is 0 Å². The minimum atomic E-state index is -0.242. The molecule has 1 N–H and O–H groups in total. The lowest BCUT2D eigenvalue weighted by Crippen LogP contribution is -2.44. The van der Waals surface area contributed by atoms with Gasteiger partial charge in [0.1, 0.15) is 16.6 Å². The predicted molar refractivity (Wildman–Crippen MR) is 129 cm³/mol. The van der Waals surface area contributed by atoms with E-state index < -0.39 is 0 Å². The topological polar surface area (TPSA) is 84.4 Å². The number of aromatic nitrogens is 2. The van der Waals surface area contributed by atoms with Gasteiger partial charge in [-0.1, -0.05) is 18.2 Å². The normalized spacial score (nSPS) is 15.8. The lowest BCUT2D eigenvalue weighted by molar-refractivity contribution is -0.134. The van der Waals surface area contributed by atoms with Crippen molar-refractivity contribution in [2.45, 2.75) is 33.1 Å². The van der Waals surface area contributed by atoms with Crippen LogP contribution in [-0.2, 0) is 16.0 Å². The largest absolute Gasteiger partial charge is 0.493 e. The quantitative estimate of drug-likeness (QED) is 0.563. The molecular formula is C25H28N4O3S. The van der Waals surface area contributed by atoms with E-state index in [1.54, 1.807) is 11.0 Å². The van der Waals surface area contributed by atoms with E-state index >= 15 is 0 Å². The summed E-state index contributed by atoms with van der Waals surface area (Å²) >= 11 is 1.51. The fourth-order valence-electron chi connectivity index (χ4n) is 3.96. The Bertz CT molecular complexity index is 1130. The van der Waals surface area contributed by atoms with E-state index in [0.29, 0.717) is 25.5 Å². The average Bonchev–Trinajstić information content (AvgIpc) is 3.28. The van der Waals surface area contributed by atoms with Gasteiger partial charge in [0, 0.05) is 24.2 Å². The van der Waals surface area contributed by atoms with Crippen molar-refractivity contribution in [1.82, 2.24) is 14.9 Å². The maximum Gasteiger partial charge on any atom is 0.230 e. The summed E-state index contributed by atoms with van der Waals surface area (Å²) in [5.41, 5.74) is 2.52. The van der Waals surface area contributed by atoms with Crippen molar-refractivity contribution in [1.29, 1.82) is 0 Å². The number of rotatable bonds is 7. The van der Waals surface area contributed by atoms with Gasteiger partial charge in [-0.3, -0.25) is 9.59 Å². The lowest BCUT2D eigenvalue weighted by atomic mass is 9.96. The van der Waals surface area contributed by atoms with Gasteiger partial charge in [0.15, 0.2) is 0 Å². The zero-order valence-electron chi connectivity index (χ0n) is 18.9. The molecular weight excluding hydrogens is 436 g/mol. The monoisotopic (exact) mass is 464 g/mol. The number of hydrogen-bond donors (Lipinski definition) is 1. The van der Waals surface area contributed by atoms with E-state index in [-0.39, 0.29) is 24.2 Å². The molecule has 7 nitrogen and oxygen atoms in total. The Balaban J connectivity index is 1.37. The summed E-state index contributed by atoms with van der Waals surface area (Å²) in [4.78, 5) is 36.5. The van der Waals surface area contributed by atoms with Crippen molar-refractivity contribution in [3.63, 3.8) is 0 Å². The fourth-order valence-corrected chi connectivity index (χ4v) is 4.81. The SMILES string of the molecule is CCOc1ccccc1-c1nc(CC(=O)N2CCCC(C(=O)Nc3cccc(C)n3)C2)cs1. The zero-order valence-corrected chi connectivity index (χ0v) is 19.7. The molecule has 1 atom stereocenters. The molecule has 1 fully saturated rings. The highest BCUT2D eigenvalue weighted by Crippen LogP contribution is 2.32. The van der Waals surface area contributed by atoms with Crippen LogP contribution in [0.3, 0.4) is 0 Å². The van der Waals surface area contributed by atoms with Crippen LogP contribution >= 0.6 is 11.3 Å². The number of para-hydroxylation sites is 1. The van der Waals surface area contributed by atoms with Crippen LogP contribution in [0.25, 0.3) is 10.6 Å². The molecule has 1 unspecified atom stereocenters. The van der Waals surface area contributed by atoms with Crippen molar-refractivity contribution in [3.05, 3.63) is 59.2 Å². The van der Waals surface area contributed by atoms with Crippen molar-refractivity contribution < 1.29 is 14.3 Å². The van der Waals surface area contributed by atoms with Crippen LogP contribution < -0.4 is 10.1 Å². The molecule has 3 aromatic rings. The molecule has 3 heterocycles. The summed E-state index contributed by atoms with van der Waals surface area (Å²) in [7, 11) is 0. The summed E-state index contributed by atoms with van der Waals surface area (Å²) < 4.78 is 5.71. The minimum Gasteiger partial charge on any atom is -0.493 e. The number of benzene rings is 1. The summed E-state index contributed by atoms with van der Waals surface area (Å²) in [6.07, 6.45) is 1.78. The average molecular weight is 465 g/mol. The van der Waals surface area contributed by atoms with Crippen molar-refractivity contribution >= 4 is 29.0 Å². The van der Waals surface area contributed by atoms with Gasteiger partial charge in [0.25, 0.3) is 0 Å². The number of carbonyl (C=O) groups excluding carboxylic acids is 2. The number of nitrogens with zero attached hydrogens (tertiary/aromatic N) is 3. The number of aryl methyl sites for hydroxylation is 1. The van der Waals surface area contributed by atoms with Crippen molar-refractivity contribution in [2.24, 2.45) is 5.92 Å². The van der Waals surface area contributed by atoms with E-state index in [1.165, 1.54) is 11.3 Å². The smallest absolute Gasteiger partial charge is 0.230 e. The molecule has 1 aliphatic rings. The summed E-state index contributed by atoms with van der Waals surface area (Å²) in [5.74, 6) is 1.00. The fraction of sp³-hybridized carbons (Fsp3) is 0.360. The van der Waals surface area contributed by atoms with Gasteiger partial charge in [-0.15, -0.1) is 11.3 Å². The van der Waals surface area contributed by atoms with Crippen molar-refractivity contribution in [2.75, 3.05) is 25.0 Å². The highest BCUT2D eigenvalue weighted by Gasteiger charge is 2.29. The van der Waals surface area contributed by atoms with Gasteiger partial charge in [0.05, 0.1) is 30.2 Å². The molecule has 1 aromatic carbocycles. The van der Waals surface area contributed by atoms with Crippen LogP contribution in [0.15, 0.2) is 47.8 Å². The molecule has 0 aliphatic carbocycles. The Kier molecular flexibility index (Phi) is 7.34. The van der Waals surface area contributed by atoms with E-state index in [4.69, 9.17) is 4.74 Å². The van der Waals surface area contributed by atoms with Crippen LogP contribution in [0.4, 0.5) is 5.82 Å². The molecule has 4 rings (SSSR count). The second-order valence-corrected chi connectivity index (χ2v) is 8.94. The number of thiazole rings is 1. The van der Waals surface area contributed by atoms with E-state index in [9.17, 15) is 9.59 Å². The molecule has 8 heteroatoms. The Hall–Kier alpha value is -3.26. The number of anilines is 1. The minimum absolute atomic E-state index is 0.00359. The molecule has 2 aromatic heterocycles. The number of carbonyl (C=O) groups is 2. The van der Waals surface area contributed by atoms with Crippen LogP contribution in [0.2, 0.25) is 0 Å². The lowest BCUT2D eigenvalue weighted by Gasteiger charge is -2.32. The molecule has 33 heavy (non-hydrogen) atoms. The first-order chi connectivity index (χ1) is 16.0. The second-order valence-electron chi connectivity index (χ2n) is 8.08. The zero-order chi connectivity index (χ0) is 23.2. The number of piperidine rings is 1. The maximum absolute atomic E-state index is 13.0. The standard InChI is InChI=1S/C25H28N4O3S/c1-3-32-21-11-5-4-10-20(21)25-27-19(16-33-25)14-23(30)29-13-7-9-18(15-29)24(31)28-22-12-6-8-17(2)26-22/h4-6,8,10-12,16,18H,3,7,9,13-15H2,1-2H3,(H,26,28,31). The Morgan fingerprint density at radius 2 is 2.03 bits per heavy atom. The van der Waals surface area contributed by atoms with Crippen LogP contribution in [0, 0.1) is 12.8 Å². The van der Waals surface area contributed by atoms with E-state index in [1.807, 2.05) is 55.6 Å². The molecule has 0 radical (unpaired) electrons. The third-order valence-corrected chi connectivity index (χ3v) is 6.51. The third kappa shape index (κ3) is 5.76. The van der Waals surface area contributed by atoms with Crippen LogP contribution in [-0.4, -0.2) is 46.4 Å². The molecule has 0 spiro atoms. The molecule has 1 aliphatic heterocycles. The highest BCUT2D eigenvalue weighted by molar-refractivity contribution is 7.13. The van der Waals surface area contributed by atoms with Crippen LogP contribution in [0.5, 0.6) is 5.75 Å². The molecule has 2 amide bonds. The van der Waals surface area contributed by atoms with Gasteiger partial charge in [0.2, 0.25) is 11.8 Å². The van der Waals surface area contributed by atoms with E-state index in [0.717, 1.165) is 40.6 Å². The molecule has 172 valence electrons. The van der Waals surface area contributed by atoms with Crippen LogP contribution in [0.1, 0.15) is 31.2 Å². The van der Waals surface area contributed by atoms with Gasteiger partial charge in [-0.05, 0) is 51.0 Å². The molecule has 0 saturated carbocycles. The predicted octanol–water partition coefficient (Wildman–Crippen LogP) is 4.33. The first-order valence-electron chi connectivity index (χ1n) is 11.2.